The number of nitrogens with one attached hydrogen (secondary N) is 1. The van der Waals surface area contributed by atoms with Crippen molar-refractivity contribution in [2.24, 2.45) is 5.92 Å². The lowest BCUT2D eigenvalue weighted by Crippen LogP contribution is -2.25. The molecule has 1 aromatic heterocycles. The first-order valence-corrected chi connectivity index (χ1v) is 11.5. The van der Waals surface area contributed by atoms with Crippen molar-refractivity contribution >= 4 is 16.9 Å². The Kier molecular flexibility index (Phi) is 6.83. The predicted molar refractivity (Wildman–Crippen MR) is 123 cm³/mol. The molecule has 2 aromatic carbocycles. The second-order valence-corrected chi connectivity index (χ2v) is 8.69. The van der Waals surface area contributed by atoms with Crippen molar-refractivity contribution in [3.05, 3.63) is 65.5 Å². The SMILES string of the molecule is Cc1ccc(C(=O)NCCCc2nc3ccccc3n2CCC2CCCCC2)cc1. The van der Waals surface area contributed by atoms with E-state index in [1.165, 1.54) is 49.6 Å². The predicted octanol–water partition coefficient (Wildman–Crippen LogP) is 5.68. The summed E-state index contributed by atoms with van der Waals surface area (Å²) in [6.07, 6.45) is 9.98. The zero-order valence-electron chi connectivity index (χ0n) is 18.1. The van der Waals surface area contributed by atoms with Crippen LogP contribution in [0.1, 0.15) is 66.7 Å². The summed E-state index contributed by atoms with van der Waals surface area (Å²) in [6.45, 7) is 3.75. The summed E-state index contributed by atoms with van der Waals surface area (Å²) in [4.78, 5) is 17.2. The topological polar surface area (TPSA) is 46.9 Å². The van der Waals surface area contributed by atoms with Crippen LogP contribution in [-0.2, 0) is 13.0 Å². The molecule has 1 amide bonds. The third-order valence-electron chi connectivity index (χ3n) is 6.40. The second kappa shape index (κ2) is 9.92. The number of carbonyl (C=O) groups is 1. The maximum absolute atomic E-state index is 12.3. The Labute approximate surface area is 179 Å². The van der Waals surface area contributed by atoms with Crippen LogP contribution in [0.3, 0.4) is 0 Å². The highest BCUT2D eigenvalue weighted by atomic mass is 16.1. The average Bonchev–Trinajstić information content (AvgIpc) is 3.13. The first kappa shape index (κ1) is 20.6. The number of nitrogens with zero attached hydrogens (tertiary/aromatic N) is 2. The van der Waals surface area contributed by atoms with Gasteiger partial charge in [0.15, 0.2) is 0 Å². The van der Waals surface area contributed by atoms with Gasteiger partial charge in [0.05, 0.1) is 11.0 Å². The minimum absolute atomic E-state index is 0.000742. The fourth-order valence-corrected chi connectivity index (χ4v) is 4.61. The van der Waals surface area contributed by atoms with E-state index in [9.17, 15) is 4.79 Å². The smallest absolute Gasteiger partial charge is 0.251 e. The van der Waals surface area contributed by atoms with Gasteiger partial charge in [0, 0.05) is 25.1 Å². The maximum Gasteiger partial charge on any atom is 0.251 e. The third-order valence-corrected chi connectivity index (χ3v) is 6.40. The van der Waals surface area contributed by atoms with Crippen molar-refractivity contribution in [3.63, 3.8) is 0 Å². The summed E-state index contributed by atoms with van der Waals surface area (Å²) < 4.78 is 2.42. The van der Waals surface area contributed by atoms with Gasteiger partial charge in [-0.15, -0.1) is 0 Å². The first-order valence-electron chi connectivity index (χ1n) is 11.5. The van der Waals surface area contributed by atoms with Crippen LogP contribution in [-0.4, -0.2) is 22.0 Å². The zero-order chi connectivity index (χ0) is 20.8. The highest BCUT2D eigenvalue weighted by Gasteiger charge is 2.16. The number of hydrogen-bond donors (Lipinski definition) is 1. The molecule has 1 heterocycles. The first-order chi connectivity index (χ1) is 14.7. The number of hydrogen-bond acceptors (Lipinski definition) is 2. The van der Waals surface area contributed by atoms with Crippen LogP contribution in [0.15, 0.2) is 48.5 Å². The Morgan fingerprint density at radius 3 is 2.63 bits per heavy atom. The molecular formula is C26H33N3O. The van der Waals surface area contributed by atoms with Gasteiger partial charge in [-0.2, -0.15) is 0 Å². The van der Waals surface area contributed by atoms with Crippen molar-refractivity contribution in [2.75, 3.05) is 6.54 Å². The Morgan fingerprint density at radius 2 is 1.83 bits per heavy atom. The van der Waals surface area contributed by atoms with Gasteiger partial charge in [0.2, 0.25) is 0 Å². The number of imidazole rings is 1. The Balaban J connectivity index is 1.35. The van der Waals surface area contributed by atoms with Crippen LogP contribution in [0.4, 0.5) is 0 Å². The molecule has 1 saturated carbocycles. The van der Waals surface area contributed by atoms with Crippen LogP contribution >= 0.6 is 0 Å². The fourth-order valence-electron chi connectivity index (χ4n) is 4.61. The molecule has 0 saturated heterocycles. The van der Waals surface area contributed by atoms with E-state index in [2.05, 4.69) is 34.1 Å². The Bertz CT molecular complexity index is 968. The molecule has 4 heteroatoms. The van der Waals surface area contributed by atoms with Crippen LogP contribution < -0.4 is 5.32 Å². The molecule has 30 heavy (non-hydrogen) atoms. The summed E-state index contributed by atoms with van der Waals surface area (Å²) in [7, 11) is 0. The summed E-state index contributed by atoms with van der Waals surface area (Å²) in [5, 5.41) is 3.05. The van der Waals surface area contributed by atoms with Gasteiger partial charge in [-0.1, -0.05) is 61.9 Å². The molecule has 1 aliphatic carbocycles. The molecule has 0 unspecified atom stereocenters. The molecule has 4 nitrogen and oxygen atoms in total. The normalized spacial score (nSPS) is 14.8. The number of carbonyl (C=O) groups excluding carboxylic acids is 1. The number of benzene rings is 2. The zero-order valence-corrected chi connectivity index (χ0v) is 18.1. The summed E-state index contributed by atoms with van der Waals surface area (Å²) in [6, 6.07) is 16.2. The van der Waals surface area contributed by atoms with Crippen molar-refractivity contribution in [3.8, 4) is 0 Å². The molecule has 1 N–H and O–H groups in total. The molecule has 158 valence electrons. The van der Waals surface area contributed by atoms with E-state index in [1.54, 1.807) is 0 Å². The standard InChI is InChI=1S/C26H33N3O/c1-20-13-15-22(16-14-20)26(30)27-18-7-12-25-28-23-10-5-6-11-24(23)29(25)19-17-21-8-3-2-4-9-21/h5-6,10-11,13-16,21H,2-4,7-9,12,17-19H2,1H3,(H,27,30). The van der Waals surface area contributed by atoms with Gasteiger partial charge in [-0.25, -0.2) is 4.98 Å². The summed E-state index contributed by atoms with van der Waals surface area (Å²) in [5.74, 6) is 2.01. The lowest BCUT2D eigenvalue weighted by molar-refractivity contribution is 0.0953. The van der Waals surface area contributed by atoms with Gasteiger partial charge in [-0.3, -0.25) is 4.79 Å². The van der Waals surface area contributed by atoms with Crippen molar-refractivity contribution in [1.82, 2.24) is 14.9 Å². The minimum atomic E-state index is 0.000742. The molecule has 0 atom stereocenters. The van der Waals surface area contributed by atoms with E-state index in [1.807, 2.05) is 31.2 Å². The van der Waals surface area contributed by atoms with Gasteiger partial charge in [0.25, 0.3) is 5.91 Å². The van der Waals surface area contributed by atoms with Crippen molar-refractivity contribution in [1.29, 1.82) is 0 Å². The third kappa shape index (κ3) is 5.10. The molecule has 3 aromatic rings. The van der Waals surface area contributed by atoms with E-state index in [0.29, 0.717) is 6.54 Å². The highest BCUT2D eigenvalue weighted by Crippen LogP contribution is 2.28. The fraction of sp³-hybridized carbons (Fsp3) is 0.462. The monoisotopic (exact) mass is 403 g/mol. The molecule has 1 fully saturated rings. The van der Waals surface area contributed by atoms with Crippen molar-refractivity contribution < 1.29 is 4.79 Å². The lowest BCUT2D eigenvalue weighted by atomic mass is 9.87. The Morgan fingerprint density at radius 1 is 1.07 bits per heavy atom. The molecule has 0 radical (unpaired) electrons. The van der Waals surface area contributed by atoms with Crippen LogP contribution in [0.2, 0.25) is 0 Å². The summed E-state index contributed by atoms with van der Waals surface area (Å²) >= 11 is 0. The van der Waals surface area contributed by atoms with E-state index < -0.39 is 0 Å². The number of fused-ring (bicyclic) bond motifs is 1. The number of para-hydroxylation sites is 2. The maximum atomic E-state index is 12.3. The van der Waals surface area contributed by atoms with E-state index >= 15 is 0 Å². The summed E-state index contributed by atoms with van der Waals surface area (Å²) in [5.41, 5.74) is 4.21. The number of aromatic nitrogens is 2. The van der Waals surface area contributed by atoms with Gasteiger partial charge < -0.3 is 9.88 Å². The average molecular weight is 404 g/mol. The van der Waals surface area contributed by atoms with E-state index in [-0.39, 0.29) is 5.91 Å². The second-order valence-electron chi connectivity index (χ2n) is 8.69. The molecule has 0 bridgehead atoms. The molecular weight excluding hydrogens is 370 g/mol. The van der Waals surface area contributed by atoms with Crippen molar-refractivity contribution in [2.45, 2.75) is 64.8 Å². The Hall–Kier alpha value is -2.62. The lowest BCUT2D eigenvalue weighted by Gasteiger charge is -2.22. The van der Waals surface area contributed by atoms with Gasteiger partial charge in [0.1, 0.15) is 5.82 Å². The van der Waals surface area contributed by atoms with Gasteiger partial charge >= 0.3 is 0 Å². The van der Waals surface area contributed by atoms with Crippen LogP contribution in [0.25, 0.3) is 11.0 Å². The molecule has 4 rings (SSSR count). The largest absolute Gasteiger partial charge is 0.352 e. The number of amides is 1. The van der Waals surface area contributed by atoms with Gasteiger partial charge in [-0.05, 0) is 49.9 Å². The van der Waals surface area contributed by atoms with E-state index in [4.69, 9.17) is 4.98 Å². The molecule has 0 spiro atoms. The highest BCUT2D eigenvalue weighted by molar-refractivity contribution is 5.94. The van der Waals surface area contributed by atoms with Crippen LogP contribution in [0, 0.1) is 12.8 Å². The quantitative estimate of drug-likeness (QED) is 0.492. The number of rotatable bonds is 8. The van der Waals surface area contributed by atoms with Crippen LogP contribution in [0.5, 0.6) is 0 Å². The molecule has 1 aliphatic rings. The minimum Gasteiger partial charge on any atom is -0.352 e. The van der Waals surface area contributed by atoms with E-state index in [0.717, 1.165) is 42.2 Å². The molecule has 0 aliphatic heterocycles. The number of aryl methyl sites for hydroxylation is 3.